The Balaban J connectivity index is 1.50. The molecule has 2 aromatic heterocycles. The third-order valence-corrected chi connectivity index (χ3v) is 4.12. The second-order valence-electron chi connectivity index (χ2n) is 5.90. The third kappa shape index (κ3) is 4.63. The first-order chi connectivity index (χ1) is 12.8. The molecule has 0 aromatic carbocycles. The van der Waals surface area contributed by atoms with Crippen LogP contribution in [0.5, 0.6) is 0 Å². The van der Waals surface area contributed by atoms with Gasteiger partial charge in [0, 0.05) is 58.8 Å². The molecule has 0 radical (unpaired) electrons. The average molecular weight is 357 g/mol. The first kappa shape index (κ1) is 18.0. The Morgan fingerprint density at radius 2 is 1.92 bits per heavy atom. The third-order valence-electron chi connectivity index (χ3n) is 4.12. The van der Waals surface area contributed by atoms with Gasteiger partial charge in [-0.05, 0) is 24.6 Å². The second kappa shape index (κ2) is 9.04. The summed E-state index contributed by atoms with van der Waals surface area (Å²) in [6.07, 6.45) is 4.33. The number of carbonyl (C=O) groups is 1. The summed E-state index contributed by atoms with van der Waals surface area (Å²) in [5.74, 6) is 1.25. The predicted octanol–water partition coefficient (Wildman–Crippen LogP) is 0.677. The summed E-state index contributed by atoms with van der Waals surface area (Å²) in [6, 6.07) is 5.28. The van der Waals surface area contributed by atoms with E-state index in [1.54, 1.807) is 42.6 Å². The zero-order valence-electron chi connectivity index (χ0n) is 14.8. The Morgan fingerprint density at radius 3 is 2.58 bits per heavy atom. The SMILES string of the molecule is COCCCNc1ccc(C(=O)N2CCN(c3ncccn3)CC2)nn1. The molecule has 0 aliphatic carbocycles. The number of hydrogen-bond acceptors (Lipinski definition) is 8. The Labute approximate surface area is 152 Å². The quantitative estimate of drug-likeness (QED) is 0.723. The number of carbonyl (C=O) groups excluding carboxylic acids is 1. The Bertz CT molecular complexity index is 688. The molecule has 3 heterocycles. The van der Waals surface area contributed by atoms with Gasteiger partial charge in [-0.1, -0.05) is 0 Å². The first-order valence-corrected chi connectivity index (χ1v) is 8.65. The molecule has 9 heteroatoms. The lowest BCUT2D eigenvalue weighted by Gasteiger charge is -2.34. The zero-order valence-corrected chi connectivity index (χ0v) is 14.8. The molecule has 1 aliphatic rings. The van der Waals surface area contributed by atoms with Crippen molar-refractivity contribution in [2.45, 2.75) is 6.42 Å². The lowest BCUT2D eigenvalue weighted by molar-refractivity contribution is 0.0739. The summed E-state index contributed by atoms with van der Waals surface area (Å²) in [7, 11) is 1.67. The van der Waals surface area contributed by atoms with Crippen molar-refractivity contribution in [1.82, 2.24) is 25.1 Å². The van der Waals surface area contributed by atoms with Crippen LogP contribution in [0.3, 0.4) is 0 Å². The van der Waals surface area contributed by atoms with Crippen LogP contribution in [0.1, 0.15) is 16.9 Å². The highest BCUT2D eigenvalue weighted by Crippen LogP contribution is 2.12. The van der Waals surface area contributed by atoms with Crippen LogP contribution in [0.2, 0.25) is 0 Å². The minimum absolute atomic E-state index is 0.0999. The molecule has 9 nitrogen and oxygen atoms in total. The molecule has 0 spiro atoms. The number of anilines is 2. The van der Waals surface area contributed by atoms with Gasteiger partial charge < -0.3 is 19.9 Å². The van der Waals surface area contributed by atoms with Crippen molar-refractivity contribution in [3.05, 3.63) is 36.3 Å². The number of rotatable bonds is 7. The van der Waals surface area contributed by atoms with Crippen LogP contribution >= 0.6 is 0 Å². The van der Waals surface area contributed by atoms with Gasteiger partial charge in [0.25, 0.3) is 5.91 Å². The number of aromatic nitrogens is 4. The summed E-state index contributed by atoms with van der Waals surface area (Å²) in [6.45, 7) is 4.05. The van der Waals surface area contributed by atoms with E-state index in [2.05, 4.69) is 30.4 Å². The van der Waals surface area contributed by atoms with Crippen molar-refractivity contribution in [3.8, 4) is 0 Å². The molecule has 26 heavy (non-hydrogen) atoms. The number of nitrogens with one attached hydrogen (secondary N) is 1. The van der Waals surface area contributed by atoms with Gasteiger partial charge in [0.1, 0.15) is 5.82 Å². The number of amides is 1. The molecular weight excluding hydrogens is 334 g/mol. The average Bonchev–Trinajstić information content (AvgIpc) is 2.72. The standard InChI is InChI=1S/C17H23N7O2/c1-26-13-3-8-18-15-5-4-14(21-22-15)16(25)23-9-11-24(12-10-23)17-19-6-2-7-20-17/h2,4-7H,3,8-13H2,1H3,(H,18,22). The summed E-state index contributed by atoms with van der Waals surface area (Å²) in [5, 5.41) is 11.3. The first-order valence-electron chi connectivity index (χ1n) is 8.65. The number of hydrogen-bond donors (Lipinski definition) is 1. The molecule has 3 rings (SSSR count). The lowest BCUT2D eigenvalue weighted by atomic mass is 10.2. The molecule has 0 saturated carbocycles. The van der Waals surface area contributed by atoms with Gasteiger partial charge >= 0.3 is 0 Å². The normalized spacial score (nSPS) is 14.3. The maximum Gasteiger partial charge on any atom is 0.274 e. The van der Waals surface area contributed by atoms with Crippen molar-refractivity contribution in [2.75, 3.05) is 56.7 Å². The molecule has 2 aromatic rings. The van der Waals surface area contributed by atoms with E-state index in [-0.39, 0.29) is 5.91 Å². The highest BCUT2D eigenvalue weighted by molar-refractivity contribution is 5.92. The predicted molar refractivity (Wildman–Crippen MR) is 97.2 cm³/mol. The van der Waals surface area contributed by atoms with Crippen LogP contribution in [0.15, 0.2) is 30.6 Å². The van der Waals surface area contributed by atoms with Crippen LogP contribution in [0, 0.1) is 0 Å². The van der Waals surface area contributed by atoms with Gasteiger partial charge in [-0.15, -0.1) is 10.2 Å². The topological polar surface area (TPSA) is 96.4 Å². The fourth-order valence-corrected chi connectivity index (χ4v) is 2.70. The van der Waals surface area contributed by atoms with E-state index in [1.165, 1.54) is 0 Å². The van der Waals surface area contributed by atoms with Gasteiger partial charge in [-0.2, -0.15) is 0 Å². The van der Waals surface area contributed by atoms with Gasteiger partial charge in [-0.3, -0.25) is 4.79 Å². The van der Waals surface area contributed by atoms with Gasteiger partial charge in [0.2, 0.25) is 5.95 Å². The van der Waals surface area contributed by atoms with Crippen LogP contribution in [0.4, 0.5) is 11.8 Å². The lowest BCUT2D eigenvalue weighted by Crippen LogP contribution is -2.49. The van der Waals surface area contributed by atoms with E-state index in [0.29, 0.717) is 50.2 Å². The largest absolute Gasteiger partial charge is 0.385 e. The number of piperazine rings is 1. The van der Waals surface area contributed by atoms with Crippen LogP contribution < -0.4 is 10.2 Å². The van der Waals surface area contributed by atoms with E-state index >= 15 is 0 Å². The molecule has 1 aliphatic heterocycles. The van der Waals surface area contributed by atoms with Crippen molar-refractivity contribution < 1.29 is 9.53 Å². The number of ether oxygens (including phenoxy) is 1. The summed E-state index contributed by atoms with van der Waals surface area (Å²) < 4.78 is 5.00. The van der Waals surface area contributed by atoms with Crippen LogP contribution in [-0.2, 0) is 4.74 Å². The minimum atomic E-state index is -0.0999. The summed E-state index contributed by atoms with van der Waals surface area (Å²) in [5.41, 5.74) is 0.358. The molecule has 1 amide bonds. The van der Waals surface area contributed by atoms with E-state index in [4.69, 9.17) is 4.74 Å². The number of methoxy groups -OCH3 is 1. The molecular formula is C17H23N7O2. The summed E-state index contributed by atoms with van der Waals surface area (Å²) >= 11 is 0. The monoisotopic (exact) mass is 357 g/mol. The highest BCUT2D eigenvalue weighted by Gasteiger charge is 2.24. The Kier molecular flexibility index (Phi) is 6.26. The molecule has 0 unspecified atom stereocenters. The number of nitrogens with zero attached hydrogens (tertiary/aromatic N) is 6. The zero-order chi connectivity index (χ0) is 18.2. The molecule has 138 valence electrons. The Morgan fingerprint density at radius 1 is 1.15 bits per heavy atom. The van der Waals surface area contributed by atoms with Gasteiger partial charge in [0.15, 0.2) is 5.69 Å². The van der Waals surface area contributed by atoms with E-state index in [1.807, 2.05) is 0 Å². The van der Waals surface area contributed by atoms with E-state index < -0.39 is 0 Å². The van der Waals surface area contributed by atoms with Gasteiger partial charge in [0.05, 0.1) is 0 Å². The van der Waals surface area contributed by atoms with E-state index in [9.17, 15) is 4.79 Å². The van der Waals surface area contributed by atoms with Crippen LogP contribution in [-0.4, -0.2) is 77.4 Å². The molecule has 1 N–H and O–H groups in total. The second-order valence-corrected chi connectivity index (χ2v) is 5.90. The maximum atomic E-state index is 12.6. The van der Waals surface area contributed by atoms with Crippen LogP contribution in [0.25, 0.3) is 0 Å². The fraction of sp³-hybridized carbons (Fsp3) is 0.471. The fourth-order valence-electron chi connectivity index (χ4n) is 2.70. The minimum Gasteiger partial charge on any atom is -0.385 e. The van der Waals surface area contributed by atoms with Gasteiger partial charge in [-0.25, -0.2) is 9.97 Å². The smallest absolute Gasteiger partial charge is 0.274 e. The maximum absolute atomic E-state index is 12.6. The van der Waals surface area contributed by atoms with Crippen molar-refractivity contribution in [3.63, 3.8) is 0 Å². The molecule has 1 fully saturated rings. The van der Waals surface area contributed by atoms with E-state index in [0.717, 1.165) is 13.0 Å². The molecule has 0 bridgehead atoms. The van der Waals surface area contributed by atoms with Crippen molar-refractivity contribution in [1.29, 1.82) is 0 Å². The molecule has 0 atom stereocenters. The molecule has 1 saturated heterocycles. The van der Waals surface area contributed by atoms with Crippen molar-refractivity contribution in [2.24, 2.45) is 0 Å². The highest BCUT2D eigenvalue weighted by atomic mass is 16.5. The van der Waals surface area contributed by atoms with Crippen molar-refractivity contribution >= 4 is 17.7 Å². The Hall–Kier alpha value is -2.81. The summed E-state index contributed by atoms with van der Waals surface area (Å²) in [4.78, 5) is 24.9.